The van der Waals surface area contributed by atoms with E-state index in [1.165, 1.54) is 17.4 Å². The van der Waals surface area contributed by atoms with Gasteiger partial charge in [0.05, 0.1) is 0 Å². The van der Waals surface area contributed by atoms with Crippen LogP contribution in [0.25, 0.3) is 0 Å². The predicted molar refractivity (Wildman–Crippen MR) is 76.8 cm³/mol. The van der Waals surface area contributed by atoms with Crippen molar-refractivity contribution in [2.75, 3.05) is 37.3 Å². The summed E-state index contributed by atoms with van der Waals surface area (Å²) >= 11 is 1.53. The highest BCUT2D eigenvalue weighted by Gasteiger charge is 2.19. The highest BCUT2D eigenvalue weighted by atomic mass is 32.2. The fourth-order valence-electron chi connectivity index (χ4n) is 2.08. The molecule has 0 unspecified atom stereocenters. The Kier molecular flexibility index (Phi) is 4.48. The molecule has 18 heavy (non-hydrogen) atoms. The summed E-state index contributed by atoms with van der Waals surface area (Å²) in [4.78, 5) is 8.39. The molecule has 5 heteroatoms. The molecule has 0 spiro atoms. The Labute approximate surface area is 112 Å². The van der Waals surface area contributed by atoms with E-state index in [-0.39, 0.29) is 0 Å². The number of hydrogen-bond donors (Lipinski definition) is 0. The molecule has 1 aromatic rings. The molecule has 0 radical (unpaired) electrons. The summed E-state index contributed by atoms with van der Waals surface area (Å²) in [5.74, 6) is 0. The van der Waals surface area contributed by atoms with Crippen LogP contribution >= 0.6 is 11.8 Å². The van der Waals surface area contributed by atoms with Crippen LogP contribution in [0.4, 0.5) is 5.69 Å². The Morgan fingerprint density at radius 3 is 2.44 bits per heavy atom. The lowest BCUT2D eigenvalue weighted by Crippen LogP contribution is -2.48. The lowest BCUT2D eigenvalue weighted by Gasteiger charge is -2.36. The van der Waals surface area contributed by atoms with Gasteiger partial charge in [-0.05, 0) is 18.4 Å². The smallest absolute Gasteiger partial charge is 0.208 e. The summed E-state index contributed by atoms with van der Waals surface area (Å²) < 4.78 is 0. The van der Waals surface area contributed by atoms with Crippen molar-refractivity contribution < 1.29 is 0 Å². The molecule has 0 aromatic heterocycles. The first kappa shape index (κ1) is 12.8. The minimum absolute atomic E-state index is 0.824. The summed E-state index contributed by atoms with van der Waals surface area (Å²) in [5.41, 5.74) is 1.26. The largest absolute Gasteiger partial charge is 0.368 e. The van der Waals surface area contributed by atoms with Gasteiger partial charge in [-0.1, -0.05) is 30.0 Å². The summed E-state index contributed by atoms with van der Waals surface area (Å²) in [6.07, 6.45) is 3.83. The van der Waals surface area contributed by atoms with E-state index in [1.807, 2.05) is 18.5 Å². The van der Waals surface area contributed by atoms with Gasteiger partial charge in [0.2, 0.25) is 6.19 Å². The molecule has 1 fully saturated rings. The van der Waals surface area contributed by atoms with Crippen molar-refractivity contribution in [1.29, 1.82) is 5.26 Å². The van der Waals surface area contributed by atoms with Crippen molar-refractivity contribution in [3.05, 3.63) is 30.3 Å². The monoisotopic (exact) mass is 260 g/mol. The van der Waals surface area contributed by atoms with Gasteiger partial charge in [0.15, 0.2) is 5.17 Å². The third-order valence-electron chi connectivity index (χ3n) is 3.00. The van der Waals surface area contributed by atoms with Crippen LogP contribution in [-0.4, -0.2) is 42.5 Å². The van der Waals surface area contributed by atoms with Gasteiger partial charge in [0.25, 0.3) is 0 Å². The number of nitriles is 1. The number of rotatable bonds is 1. The van der Waals surface area contributed by atoms with E-state index in [1.54, 1.807) is 0 Å². The second-order valence-electron chi connectivity index (χ2n) is 4.01. The fraction of sp³-hybridized carbons (Fsp3) is 0.385. The van der Waals surface area contributed by atoms with Crippen molar-refractivity contribution in [3.8, 4) is 6.19 Å². The van der Waals surface area contributed by atoms with Crippen LogP contribution in [0.1, 0.15) is 0 Å². The second kappa shape index (κ2) is 6.31. The summed E-state index contributed by atoms with van der Waals surface area (Å²) in [6.45, 7) is 3.76. The highest BCUT2D eigenvalue weighted by Crippen LogP contribution is 2.17. The number of benzene rings is 1. The van der Waals surface area contributed by atoms with Crippen LogP contribution in [0.5, 0.6) is 0 Å². The molecular formula is C13H16N4S. The van der Waals surface area contributed by atoms with Crippen LogP contribution in [0.3, 0.4) is 0 Å². The van der Waals surface area contributed by atoms with Crippen LogP contribution < -0.4 is 4.90 Å². The van der Waals surface area contributed by atoms with Gasteiger partial charge in [-0.25, -0.2) is 0 Å². The molecule has 0 N–H and O–H groups in total. The van der Waals surface area contributed by atoms with Gasteiger partial charge in [-0.2, -0.15) is 5.26 Å². The normalized spacial score (nSPS) is 16.6. The molecule has 0 saturated carbocycles. The van der Waals surface area contributed by atoms with Crippen LogP contribution in [0, 0.1) is 11.5 Å². The van der Waals surface area contributed by atoms with Crippen molar-refractivity contribution in [3.63, 3.8) is 0 Å². The zero-order valence-electron chi connectivity index (χ0n) is 10.4. The summed E-state index contributed by atoms with van der Waals surface area (Å²) in [6, 6.07) is 10.4. The molecule has 94 valence electrons. The number of amidine groups is 1. The summed E-state index contributed by atoms with van der Waals surface area (Å²) in [5, 5.41) is 9.46. The minimum Gasteiger partial charge on any atom is -0.368 e. The van der Waals surface area contributed by atoms with Crippen LogP contribution in [0.15, 0.2) is 35.3 Å². The van der Waals surface area contributed by atoms with Gasteiger partial charge in [0, 0.05) is 31.9 Å². The molecule has 1 heterocycles. The average Bonchev–Trinajstić information content (AvgIpc) is 2.46. The molecule has 4 nitrogen and oxygen atoms in total. The topological polar surface area (TPSA) is 42.6 Å². The first-order valence-corrected chi connectivity index (χ1v) is 7.13. The van der Waals surface area contributed by atoms with E-state index in [0.29, 0.717) is 0 Å². The Hall–Kier alpha value is -1.67. The maximum absolute atomic E-state index is 8.64. The van der Waals surface area contributed by atoms with E-state index in [0.717, 1.165) is 31.3 Å². The first-order valence-electron chi connectivity index (χ1n) is 5.91. The van der Waals surface area contributed by atoms with E-state index in [4.69, 9.17) is 5.26 Å². The van der Waals surface area contributed by atoms with Gasteiger partial charge in [-0.3, -0.25) is 0 Å². The quantitative estimate of drug-likeness (QED) is 0.440. The molecule has 0 bridgehead atoms. The number of hydrogen-bond acceptors (Lipinski definition) is 4. The standard InChI is InChI=1S/C13H16N4S/c1-18-13(15-11-14)17-9-7-16(8-10-17)12-5-3-2-4-6-12/h2-6H,7-10H2,1H3/b15-13-. The number of aliphatic imine (C=N–C) groups is 1. The maximum atomic E-state index is 8.64. The fourth-order valence-corrected chi connectivity index (χ4v) is 2.66. The molecule has 0 atom stereocenters. The number of para-hydroxylation sites is 1. The van der Waals surface area contributed by atoms with Crippen molar-refractivity contribution in [2.24, 2.45) is 4.99 Å². The number of thioether (sulfide) groups is 1. The van der Waals surface area contributed by atoms with Crippen LogP contribution in [-0.2, 0) is 0 Å². The zero-order valence-corrected chi connectivity index (χ0v) is 11.2. The van der Waals surface area contributed by atoms with Crippen molar-refractivity contribution in [2.45, 2.75) is 0 Å². The molecule has 1 saturated heterocycles. The second-order valence-corrected chi connectivity index (χ2v) is 4.78. The van der Waals surface area contributed by atoms with Gasteiger partial charge < -0.3 is 9.80 Å². The van der Waals surface area contributed by atoms with Gasteiger partial charge in [0.1, 0.15) is 0 Å². The third-order valence-corrected chi connectivity index (χ3v) is 3.71. The van der Waals surface area contributed by atoms with E-state index < -0.39 is 0 Å². The SMILES string of the molecule is CS/C(=N\C#N)N1CCN(c2ccccc2)CC1. The maximum Gasteiger partial charge on any atom is 0.208 e. The zero-order chi connectivity index (χ0) is 12.8. The Bertz CT molecular complexity index is 444. The van der Waals surface area contributed by atoms with Crippen molar-refractivity contribution >= 4 is 22.6 Å². The number of nitrogens with zero attached hydrogens (tertiary/aromatic N) is 4. The van der Waals surface area contributed by atoms with Crippen LogP contribution in [0.2, 0.25) is 0 Å². The Balaban J connectivity index is 1.97. The van der Waals surface area contributed by atoms with Gasteiger partial charge in [-0.15, -0.1) is 4.99 Å². The van der Waals surface area contributed by atoms with E-state index in [9.17, 15) is 0 Å². The Morgan fingerprint density at radius 2 is 1.89 bits per heavy atom. The highest BCUT2D eigenvalue weighted by molar-refractivity contribution is 8.13. The summed E-state index contributed by atoms with van der Waals surface area (Å²) in [7, 11) is 0. The lowest BCUT2D eigenvalue weighted by molar-refractivity contribution is 0.392. The van der Waals surface area contributed by atoms with Crippen molar-refractivity contribution in [1.82, 2.24) is 4.90 Å². The molecule has 2 rings (SSSR count). The molecule has 1 aliphatic heterocycles. The first-order chi connectivity index (χ1) is 8.85. The van der Waals surface area contributed by atoms with E-state index >= 15 is 0 Å². The molecular weight excluding hydrogens is 244 g/mol. The lowest BCUT2D eigenvalue weighted by atomic mass is 10.2. The molecule has 0 amide bonds. The average molecular weight is 260 g/mol. The predicted octanol–water partition coefficient (Wildman–Crippen LogP) is 2.01. The van der Waals surface area contributed by atoms with E-state index in [2.05, 4.69) is 39.1 Å². The Morgan fingerprint density at radius 1 is 1.22 bits per heavy atom. The molecule has 1 aliphatic rings. The number of anilines is 1. The molecule has 0 aliphatic carbocycles. The number of piperazine rings is 1. The van der Waals surface area contributed by atoms with Gasteiger partial charge >= 0.3 is 0 Å². The minimum atomic E-state index is 0.824. The molecule has 1 aromatic carbocycles. The third kappa shape index (κ3) is 2.96.